The van der Waals surface area contributed by atoms with Crippen LogP contribution in [0.2, 0.25) is 0 Å². The van der Waals surface area contributed by atoms with Crippen molar-refractivity contribution in [3.05, 3.63) is 119 Å². The Morgan fingerprint density at radius 1 is 0.480 bits per heavy atom. The molecule has 0 saturated carbocycles. The minimum absolute atomic E-state index is 0.0874. The van der Waals surface area contributed by atoms with Crippen LogP contribution in [0.3, 0.4) is 0 Å². The highest BCUT2D eigenvalue weighted by Crippen LogP contribution is 2.44. The first-order valence-corrected chi connectivity index (χ1v) is 33.7. The lowest BCUT2D eigenvalue weighted by Gasteiger charge is -2.37. The molecule has 0 aromatic heterocycles. The molecule has 3 aliphatic rings. The van der Waals surface area contributed by atoms with Gasteiger partial charge < -0.3 is 82.0 Å². The van der Waals surface area contributed by atoms with Crippen molar-refractivity contribution in [2.45, 2.75) is 121 Å². The van der Waals surface area contributed by atoms with Crippen molar-refractivity contribution in [3.8, 4) is 57.5 Å². The van der Waals surface area contributed by atoms with Gasteiger partial charge in [0.25, 0.3) is 11.8 Å². The van der Waals surface area contributed by atoms with E-state index >= 15 is 0 Å². The molecule has 0 spiro atoms. The zero-order chi connectivity index (χ0) is 70.1. The van der Waals surface area contributed by atoms with Gasteiger partial charge in [0, 0.05) is 52.2 Å². The van der Waals surface area contributed by atoms with Crippen molar-refractivity contribution in [1.29, 1.82) is 0 Å². The summed E-state index contributed by atoms with van der Waals surface area (Å²) in [5.74, 6) is 0.827. The topological polar surface area (TPSA) is 256 Å². The van der Waals surface area contributed by atoms with E-state index in [0.717, 1.165) is 44.3 Å². The zero-order valence-corrected chi connectivity index (χ0v) is 58.3. The number of methoxy groups -OCH3 is 8. The number of aryl methyl sites for hydroxylation is 1. The van der Waals surface area contributed by atoms with Gasteiger partial charge in [0.15, 0.2) is 47.7 Å². The molecule has 0 bridgehead atoms. The molecule has 0 radical (unpaired) electrons. The number of carbonyl (C=O) groups excluding carboxylic acids is 6. The van der Waals surface area contributed by atoms with Crippen molar-refractivity contribution in [2.75, 3.05) is 129 Å². The molecule has 532 valence electrons. The number of carbonyl (C=O) groups is 6. The molecule has 5 aromatic rings. The van der Waals surface area contributed by atoms with E-state index in [0.29, 0.717) is 158 Å². The van der Waals surface area contributed by atoms with E-state index in [-0.39, 0.29) is 38.1 Å². The van der Waals surface area contributed by atoms with Gasteiger partial charge in [0.05, 0.1) is 81.9 Å². The number of ether oxygens (including phenoxy) is 13. The normalized spacial score (nSPS) is 16.8. The van der Waals surface area contributed by atoms with Gasteiger partial charge in [-0.05, 0) is 153 Å². The molecule has 24 nitrogen and oxygen atoms in total. The average molecular weight is 1360 g/mol. The number of nitrogens with one attached hydrogen (secondary N) is 2. The maximum Gasteiger partial charge on any atom is 0.329 e. The Labute approximate surface area is 575 Å². The Hall–Kier alpha value is -9.16. The third-order valence-electron chi connectivity index (χ3n) is 18.1. The van der Waals surface area contributed by atoms with Gasteiger partial charge in [0.1, 0.15) is 35.8 Å². The van der Waals surface area contributed by atoms with E-state index in [9.17, 15) is 28.8 Å². The molecular formula is C74H97N5O19. The molecule has 6 atom stereocenters. The highest BCUT2D eigenvalue weighted by atomic mass is 16.6. The van der Waals surface area contributed by atoms with Gasteiger partial charge in [-0.2, -0.15) is 0 Å². The summed E-state index contributed by atoms with van der Waals surface area (Å²) in [5.41, 5.74) is 3.54. The third-order valence-corrected chi connectivity index (χ3v) is 18.1. The van der Waals surface area contributed by atoms with Crippen molar-refractivity contribution >= 4 is 35.6 Å². The van der Waals surface area contributed by atoms with Crippen LogP contribution in [0.4, 0.5) is 0 Å². The molecule has 98 heavy (non-hydrogen) atoms. The lowest BCUT2D eigenvalue weighted by Crippen LogP contribution is -2.50. The van der Waals surface area contributed by atoms with Crippen LogP contribution in [0.1, 0.15) is 130 Å². The zero-order valence-electron chi connectivity index (χ0n) is 58.3. The van der Waals surface area contributed by atoms with E-state index in [1.165, 1.54) is 42.7 Å². The van der Waals surface area contributed by atoms with Crippen LogP contribution >= 0.6 is 0 Å². The molecule has 0 aliphatic carbocycles. The van der Waals surface area contributed by atoms with Gasteiger partial charge in [0.2, 0.25) is 23.3 Å². The average Bonchev–Trinajstić information content (AvgIpc) is 0.801. The van der Waals surface area contributed by atoms with Gasteiger partial charge in [-0.1, -0.05) is 44.2 Å². The number of piperidine rings is 2. The van der Waals surface area contributed by atoms with Crippen molar-refractivity contribution in [3.63, 3.8) is 0 Å². The fourth-order valence-electron chi connectivity index (χ4n) is 12.9. The molecule has 4 unspecified atom stereocenters. The van der Waals surface area contributed by atoms with Crippen LogP contribution in [0.25, 0.3) is 0 Å². The quantitative estimate of drug-likeness (QED) is 0.0283. The summed E-state index contributed by atoms with van der Waals surface area (Å²) in [7, 11) is 12.3. The highest BCUT2D eigenvalue weighted by molar-refractivity contribution is 5.90. The van der Waals surface area contributed by atoms with Gasteiger partial charge in [-0.3, -0.25) is 24.1 Å². The first kappa shape index (κ1) is 74.6. The maximum atomic E-state index is 14.6. The maximum absolute atomic E-state index is 14.6. The Bertz CT molecular complexity index is 3420. The Kier molecular flexibility index (Phi) is 28.6. The van der Waals surface area contributed by atoms with Crippen LogP contribution in [-0.4, -0.2) is 191 Å². The van der Waals surface area contributed by atoms with Crippen molar-refractivity contribution < 1.29 is 90.3 Å². The molecule has 8 rings (SSSR count). The fourth-order valence-corrected chi connectivity index (χ4v) is 12.9. The highest BCUT2D eigenvalue weighted by Gasteiger charge is 2.40. The summed E-state index contributed by atoms with van der Waals surface area (Å²) in [5, 5.41) is 5.55. The summed E-state index contributed by atoms with van der Waals surface area (Å²) in [6, 6.07) is 25.2. The van der Waals surface area contributed by atoms with E-state index < -0.39 is 59.9 Å². The van der Waals surface area contributed by atoms with Crippen LogP contribution in [0.5, 0.6) is 57.5 Å². The predicted molar refractivity (Wildman–Crippen MR) is 364 cm³/mol. The van der Waals surface area contributed by atoms with Gasteiger partial charge in [-0.15, -0.1) is 0 Å². The number of hydrogen-bond acceptors (Lipinski definition) is 20. The molecule has 2 N–H and O–H groups in total. The second-order valence-corrected chi connectivity index (χ2v) is 24.2. The van der Waals surface area contributed by atoms with E-state index in [4.69, 9.17) is 61.6 Å². The SMILES string of the molecule is CCC(C(=O)N1CCCC[C@H]1C(=O)OC(CCc1ccc(OC)c(OC)c1)c1cccc(OCC(=O)NCCNC(=O)COc2cccc(C(CCN3CCOCC3)OC(=O)[C@@H]3CCCCN3C(=O)C(CC)c3cc(OC)c(OC)c(OC)c3)c2)c1)c1cc(OC)c(OC)c(OC)c1. The molecule has 4 amide bonds. The number of likely N-dealkylation sites (tertiary alicyclic amines) is 2. The minimum atomic E-state index is -0.853. The van der Waals surface area contributed by atoms with Crippen LogP contribution in [0.15, 0.2) is 91.0 Å². The minimum Gasteiger partial charge on any atom is -0.493 e. The molecule has 5 aromatic carbocycles. The number of nitrogens with zero attached hydrogens (tertiary/aromatic N) is 3. The van der Waals surface area contributed by atoms with Gasteiger partial charge in [-0.25, -0.2) is 9.59 Å². The smallest absolute Gasteiger partial charge is 0.329 e. The number of morpholine rings is 1. The summed E-state index contributed by atoms with van der Waals surface area (Å²) in [4.78, 5) is 90.2. The summed E-state index contributed by atoms with van der Waals surface area (Å²) >= 11 is 0. The second-order valence-electron chi connectivity index (χ2n) is 24.2. The first-order valence-electron chi connectivity index (χ1n) is 33.7. The first-order chi connectivity index (χ1) is 47.6. The second kappa shape index (κ2) is 37.5. The standard InChI is InChI=1S/C74H97N5O19/c1-11-55(51-42-63(88-5)69(92-9)64(43-51)89-6)71(82)78-32-15-13-23-57(78)73(84)97-59(27-25-48-26-28-61(86-3)62(39-48)87-4)49-19-17-21-53(40-49)95-46-67(80)75-30-31-76-68(81)47-96-54-22-18-20-50(41-54)60(29-34-77-35-37-94-38-36-77)98-74(85)58-24-14-16-33-79(58)72(83)56(12-2)52-44-65(90-7)70(93-10)66(45-52)91-8/h17-22,26,28,39-45,55-60H,11-16,23-25,27,29-38,46-47H2,1-10H3,(H,75,80)(H,76,81)/t55?,56?,57-,58-,59?,60?/m0/s1. The van der Waals surface area contributed by atoms with Crippen LogP contribution in [0, 0.1) is 0 Å². The van der Waals surface area contributed by atoms with Crippen LogP contribution in [-0.2, 0) is 49.4 Å². The number of hydrogen-bond donors (Lipinski definition) is 2. The molecule has 24 heteroatoms. The number of esters is 2. The number of rotatable bonds is 35. The Morgan fingerprint density at radius 2 is 0.918 bits per heavy atom. The summed E-state index contributed by atoms with van der Waals surface area (Å²) < 4.78 is 75.1. The monoisotopic (exact) mass is 1360 g/mol. The molecule has 3 saturated heterocycles. The van der Waals surface area contributed by atoms with Crippen molar-refractivity contribution in [1.82, 2.24) is 25.3 Å². The largest absolute Gasteiger partial charge is 0.493 e. The molecule has 3 fully saturated rings. The number of amides is 4. The van der Waals surface area contributed by atoms with E-state index in [1.54, 1.807) is 84.7 Å². The fraction of sp³-hybridized carbons (Fsp3) is 0.514. The Balaban J connectivity index is 0.863. The van der Waals surface area contributed by atoms with Crippen molar-refractivity contribution in [2.24, 2.45) is 0 Å². The van der Waals surface area contributed by atoms with E-state index in [1.807, 2.05) is 44.2 Å². The van der Waals surface area contributed by atoms with E-state index in [2.05, 4.69) is 15.5 Å². The summed E-state index contributed by atoms with van der Waals surface area (Å²) in [6.07, 6.45) is 4.45. The number of benzene rings is 5. The lowest BCUT2D eigenvalue weighted by molar-refractivity contribution is -0.163. The summed E-state index contributed by atoms with van der Waals surface area (Å²) in [6.45, 7) is 7.38. The predicted octanol–water partition coefficient (Wildman–Crippen LogP) is 9.12. The molecular weight excluding hydrogens is 1260 g/mol. The Morgan fingerprint density at radius 3 is 1.34 bits per heavy atom. The molecule has 3 heterocycles. The van der Waals surface area contributed by atoms with Gasteiger partial charge >= 0.3 is 11.9 Å². The lowest BCUT2D eigenvalue weighted by atomic mass is 9.91. The third kappa shape index (κ3) is 19.6. The van der Waals surface area contributed by atoms with Crippen LogP contribution < -0.4 is 58.0 Å². The molecule has 3 aliphatic heterocycles.